The number of carbonyl (C=O) groups is 2. The zero-order valence-electron chi connectivity index (χ0n) is 18.9. The number of non-ortho nitro benzene ring substituents is 1. The number of nitro groups is 1. The second-order valence-corrected chi connectivity index (χ2v) is 9.48. The fraction of sp³-hybridized carbons (Fsp3) is 0.217. The van der Waals surface area contributed by atoms with Crippen molar-refractivity contribution in [2.75, 3.05) is 0 Å². The van der Waals surface area contributed by atoms with E-state index in [4.69, 9.17) is 4.98 Å². The van der Waals surface area contributed by atoms with E-state index in [9.17, 15) is 19.7 Å². The number of thiophene rings is 1. The van der Waals surface area contributed by atoms with Gasteiger partial charge in [-0.2, -0.15) is 5.10 Å². The standard InChI is InChI=1S/C23H22N6O4S/c1-12(2)28-21-19(11-24-28)18(10-20(25-21)17-8-13(3)34-14(17)4)23(31)27-26-22(30)15-6-5-7-16(9-15)29(32)33/h5-12H,1-4H3,(H,26,30)(H,27,31). The molecule has 0 atom stereocenters. The number of amides is 2. The molecule has 1 aromatic carbocycles. The first-order valence-corrected chi connectivity index (χ1v) is 11.3. The van der Waals surface area contributed by atoms with E-state index in [2.05, 4.69) is 16.0 Å². The van der Waals surface area contributed by atoms with Gasteiger partial charge < -0.3 is 0 Å². The summed E-state index contributed by atoms with van der Waals surface area (Å²) in [5.74, 6) is -1.23. The maximum Gasteiger partial charge on any atom is 0.270 e. The summed E-state index contributed by atoms with van der Waals surface area (Å²) in [6.45, 7) is 7.95. The fourth-order valence-electron chi connectivity index (χ4n) is 3.62. The molecule has 0 spiro atoms. The predicted octanol–water partition coefficient (Wildman–Crippen LogP) is 4.34. The van der Waals surface area contributed by atoms with E-state index in [-0.39, 0.29) is 17.3 Å². The molecule has 0 bridgehead atoms. The van der Waals surface area contributed by atoms with Gasteiger partial charge in [-0.25, -0.2) is 9.67 Å². The van der Waals surface area contributed by atoms with Crippen LogP contribution in [0.25, 0.3) is 22.3 Å². The Labute approximate surface area is 198 Å². The van der Waals surface area contributed by atoms with Crippen LogP contribution in [-0.2, 0) is 0 Å². The molecular formula is C23H22N6O4S. The maximum atomic E-state index is 13.1. The third kappa shape index (κ3) is 4.37. The highest BCUT2D eigenvalue weighted by Crippen LogP contribution is 2.32. The van der Waals surface area contributed by atoms with Crippen molar-refractivity contribution in [3.05, 3.63) is 73.6 Å². The van der Waals surface area contributed by atoms with Crippen molar-refractivity contribution in [2.45, 2.75) is 33.7 Å². The number of pyridine rings is 1. The zero-order valence-corrected chi connectivity index (χ0v) is 19.8. The van der Waals surface area contributed by atoms with Gasteiger partial charge >= 0.3 is 0 Å². The number of benzene rings is 1. The van der Waals surface area contributed by atoms with Crippen molar-refractivity contribution in [1.29, 1.82) is 0 Å². The Balaban J connectivity index is 1.68. The van der Waals surface area contributed by atoms with Gasteiger partial charge in [0.05, 0.1) is 27.8 Å². The van der Waals surface area contributed by atoms with E-state index < -0.39 is 16.7 Å². The smallest absolute Gasteiger partial charge is 0.267 e. The second kappa shape index (κ2) is 9.02. The van der Waals surface area contributed by atoms with E-state index in [1.807, 2.05) is 33.8 Å². The Morgan fingerprint density at radius 3 is 2.50 bits per heavy atom. The van der Waals surface area contributed by atoms with Crippen LogP contribution in [0.15, 0.2) is 42.6 Å². The van der Waals surface area contributed by atoms with Crippen molar-refractivity contribution < 1.29 is 14.5 Å². The van der Waals surface area contributed by atoms with E-state index in [1.54, 1.807) is 28.3 Å². The monoisotopic (exact) mass is 478 g/mol. The van der Waals surface area contributed by atoms with E-state index in [0.717, 1.165) is 21.4 Å². The predicted molar refractivity (Wildman–Crippen MR) is 129 cm³/mol. The van der Waals surface area contributed by atoms with Crippen LogP contribution < -0.4 is 10.9 Å². The molecule has 0 saturated heterocycles. The highest BCUT2D eigenvalue weighted by molar-refractivity contribution is 7.12. The molecular weight excluding hydrogens is 456 g/mol. The number of hydrogen-bond donors (Lipinski definition) is 2. The lowest BCUT2D eigenvalue weighted by Crippen LogP contribution is -2.41. The first-order chi connectivity index (χ1) is 16.2. The van der Waals surface area contributed by atoms with E-state index >= 15 is 0 Å². The minimum Gasteiger partial charge on any atom is -0.267 e. The molecule has 0 aliphatic carbocycles. The number of nitrogens with zero attached hydrogens (tertiary/aromatic N) is 4. The third-order valence-electron chi connectivity index (χ3n) is 5.23. The molecule has 0 aliphatic rings. The lowest BCUT2D eigenvalue weighted by atomic mass is 10.1. The second-order valence-electron chi connectivity index (χ2n) is 8.02. The molecule has 2 N–H and O–H groups in total. The minimum atomic E-state index is -0.676. The normalized spacial score (nSPS) is 11.1. The molecule has 4 aromatic rings. The number of rotatable bonds is 5. The van der Waals surface area contributed by atoms with Crippen LogP contribution in [0.4, 0.5) is 5.69 Å². The number of hydrazine groups is 1. The van der Waals surface area contributed by atoms with E-state index in [1.165, 1.54) is 18.2 Å². The number of fused-ring (bicyclic) bond motifs is 1. The molecule has 0 unspecified atom stereocenters. The molecule has 2 amide bonds. The first-order valence-electron chi connectivity index (χ1n) is 10.5. The largest absolute Gasteiger partial charge is 0.270 e. The number of aryl methyl sites for hydroxylation is 2. The number of nitro benzene ring substituents is 1. The first kappa shape index (κ1) is 23.1. The van der Waals surface area contributed by atoms with Crippen molar-refractivity contribution in [3.8, 4) is 11.3 Å². The molecule has 4 rings (SSSR count). The van der Waals surface area contributed by atoms with Crippen molar-refractivity contribution in [3.63, 3.8) is 0 Å². The molecule has 0 fully saturated rings. The lowest BCUT2D eigenvalue weighted by molar-refractivity contribution is -0.384. The van der Waals surface area contributed by atoms with Gasteiger partial charge in [0.1, 0.15) is 0 Å². The fourth-order valence-corrected chi connectivity index (χ4v) is 4.55. The Kier molecular flexibility index (Phi) is 6.12. The van der Waals surface area contributed by atoms with Crippen LogP contribution in [0.2, 0.25) is 0 Å². The molecule has 0 saturated carbocycles. The summed E-state index contributed by atoms with van der Waals surface area (Å²) in [5.41, 5.74) is 6.98. The Bertz CT molecular complexity index is 1440. The molecule has 34 heavy (non-hydrogen) atoms. The Hall–Kier alpha value is -4.12. The van der Waals surface area contributed by atoms with Gasteiger partial charge in [0, 0.05) is 39.1 Å². The van der Waals surface area contributed by atoms with Crippen molar-refractivity contribution in [1.82, 2.24) is 25.6 Å². The molecule has 0 radical (unpaired) electrons. The van der Waals surface area contributed by atoms with Gasteiger partial charge in [-0.15, -0.1) is 11.3 Å². The summed E-state index contributed by atoms with van der Waals surface area (Å²) >= 11 is 1.64. The third-order valence-corrected chi connectivity index (χ3v) is 6.19. The molecule has 3 heterocycles. The van der Waals surface area contributed by atoms with Crippen LogP contribution in [0.3, 0.4) is 0 Å². The minimum absolute atomic E-state index is 0.0232. The zero-order chi connectivity index (χ0) is 24.6. The van der Waals surface area contributed by atoms with Crippen molar-refractivity contribution in [2.24, 2.45) is 0 Å². The lowest BCUT2D eigenvalue weighted by Gasteiger charge is -2.11. The molecule has 10 nitrogen and oxygen atoms in total. The van der Waals surface area contributed by atoms with Crippen LogP contribution >= 0.6 is 11.3 Å². The number of hydrogen-bond acceptors (Lipinski definition) is 7. The highest BCUT2D eigenvalue weighted by atomic mass is 32.1. The average molecular weight is 479 g/mol. The number of aromatic nitrogens is 3. The Morgan fingerprint density at radius 2 is 1.85 bits per heavy atom. The number of carbonyl (C=O) groups excluding carboxylic acids is 2. The average Bonchev–Trinajstić information content (AvgIpc) is 3.38. The van der Waals surface area contributed by atoms with Crippen LogP contribution in [0.5, 0.6) is 0 Å². The molecule has 0 aliphatic heterocycles. The highest BCUT2D eigenvalue weighted by Gasteiger charge is 2.21. The maximum absolute atomic E-state index is 13.1. The van der Waals surface area contributed by atoms with Crippen molar-refractivity contribution >= 4 is 39.9 Å². The summed E-state index contributed by atoms with van der Waals surface area (Å²) < 4.78 is 1.74. The quantitative estimate of drug-likeness (QED) is 0.324. The van der Waals surface area contributed by atoms with Crippen LogP contribution in [-0.4, -0.2) is 31.5 Å². The summed E-state index contributed by atoms with van der Waals surface area (Å²) in [4.78, 5) is 43.0. The van der Waals surface area contributed by atoms with Gasteiger partial charge in [-0.1, -0.05) is 6.07 Å². The molecule has 11 heteroatoms. The van der Waals surface area contributed by atoms with Gasteiger partial charge in [0.2, 0.25) is 0 Å². The molecule has 174 valence electrons. The summed E-state index contributed by atoms with van der Waals surface area (Å²) in [6.07, 6.45) is 1.58. The summed E-state index contributed by atoms with van der Waals surface area (Å²) in [7, 11) is 0. The Morgan fingerprint density at radius 1 is 1.12 bits per heavy atom. The molecule has 3 aromatic heterocycles. The summed E-state index contributed by atoms with van der Waals surface area (Å²) in [5, 5.41) is 15.9. The van der Waals surface area contributed by atoms with Crippen LogP contribution in [0, 0.1) is 24.0 Å². The number of nitrogens with one attached hydrogen (secondary N) is 2. The van der Waals surface area contributed by atoms with Crippen LogP contribution in [0.1, 0.15) is 50.4 Å². The SMILES string of the molecule is Cc1cc(-c2cc(C(=O)NNC(=O)c3cccc([N+](=O)[O-])c3)c3cnn(C(C)C)c3n2)c(C)s1. The van der Waals surface area contributed by atoms with Gasteiger partial charge in [0.25, 0.3) is 17.5 Å². The topological polar surface area (TPSA) is 132 Å². The van der Waals surface area contributed by atoms with Gasteiger partial charge in [-0.05, 0) is 45.9 Å². The summed E-state index contributed by atoms with van der Waals surface area (Å²) in [6, 6.07) is 8.97. The van der Waals surface area contributed by atoms with E-state index in [0.29, 0.717) is 22.3 Å². The van der Waals surface area contributed by atoms with Gasteiger partial charge in [-0.3, -0.25) is 30.6 Å². The van der Waals surface area contributed by atoms with Gasteiger partial charge in [0.15, 0.2) is 5.65 Å².